The second-order valence-corrected chi connectivity index (χ2v) is 5.25. The third-order valence-corrected chi connectivity index (χ3v) is 3.42. The number of hydrogen-bond donors (Lipinski definition) is 2. The topological polar surface area (TPSA) is 75.6 Å². The van der Waals surface area contributed by atoms with Crippen LogP contribution in [0, 0.1) is 5.82 Å². The Kier molecular flexibility index (Phi) is 3.97. The zero-order valence-electron chi connectivity index (χ0n) is 12.1. The molecule has 22 heavy (non-hydrogen) atoms. The second-order valence-electron chi connectivity index (χ2n) is 5.25. The summed E-state index contributed by atoms with van der Waals surface area (Å²) in [5.74, 6) is -0.412. The van der Waals surface area contributed by atoms with Crippen LogP contribution in [0.4, 0.5) is 4.39 Å². The van der Waals surface area contributed by atoms with Crippen molar-refractivity contribution in [1.82, 2.24) is 25.1 Å². The van der Waals surface area contributed by atoms with Crippen LogP contribution in [-0.2, 0) is 13.1 Å². The lowest BCUT2D eigenvalue weighted by Gasteiger charge is -2.13. The van der Waals surface area contributed by atoms with Crippen molar-refractivity contribution in [2.75, 3.05) is 0 Å². The highest BCUT2D eigenvalue weighted by atomic mass is 19.1. The lowest BCUT2D eigenvalue weighted by molar-refractivity contribution is 0.448. The molecule has 0 saturated heterocycles. The van der Waals surface area contributed by atoms with Gasteiger partial charge in [0, 0.05) is 35.2 Å². The summed E-state index contributed by atoms with van der Waals surface area (Å²) in [5, 5.41) is 7.71. The van der Waals surface area contributed by atoms with Gasteiger partial charge in [0.2, 0.25) is 0 Å². The number of pyridine rings is 1. The van der Waals surface area contributed by atoms with Gasteiger partial charge in [-0.15, -0.1) is 0 Å². The van der Waals surface area contributed by atoms with Crippen molar-refractivity contribution in [2.45, 2.75) is 26.1 Å². The van der Waals surface area contributed by atoms with E-state index in [1.807, 2.05) is 6.92 Å². The number of aromatic nitrogens is 4. The molecule has 3 rings (SSSR count). The summed E-state index contributed by atoms with van der Waals surface area (Å²) in [4.78, 5) is 19.1. The highest BCUT2D eigenvalue weighted by molar-refractivity contribution is 5.78. The lowest BCUT2D eigenvalue weighted by atomic mass is 10.2. The fourth-order valence-corrected chi connectivity index (χ4v) is 2.33. The van der Waals surface area contributed by atoms with E-state index in [9.17, 15) is 9.18 Å². The quantitative estimate of drug-likeness (QED) is 0.747. The van der Waals surface area contributed by atoms with Crippen molar-refractivity contribution in [2.24, 2.45) is 0 Å². The minimum Gasteiger partial charge on any atom is -0.357 e. The van der Waals surface area contributed by atoms with Crippen LogP contribution in [0.1, 0.15) is 12.6 Å². The number of nitrogens with zero attached hydrogens (tertiary/aromatic N) is 3. The molecular formula is C15H16FN5O. The molecular weight excluding hydrogens is 285 g/mol. The van der Waals surface area contributed by atoms with Gasteiger partial charge in [-0.3, -0.25) is 9.48 Å². The largest absolute Gasteiger partial charge is 0.357 e. The molecule has 0 aliphatic heterocycles. The number of aromatic amines is 1. The molecule has 0 saturated carbocycles. The van der Waals surface area contributed by atoms with Gasteiger partial charge in [0.1, 0.15) is 18.5 Å². The SMILES string of the molecule is C[C@H](Cn1cncn1)NCc1cc(=O)c2cc(F)ccc2[nH]1. The molecule has 0 amide bonds. The minimum atomic E-state index is -0.412. The maximum absolute atomic E-state index is 13.2. The molecule has 0 radical (unpaired) electrons. The van der Waals surface area contributed by atoms with Crippen LogP contribution in [0.15, 0.2) is 41.7 Å². The predicted octanol–water partition coefficient (Wildman–Crippen LogP) is 1.44. The molecule has 0 fully saturated rings. The molecule has 2 aromatic heterocycles. The molecule has 2 N–H and O–H groups in total. The van der Waals surface area contributed by atoms with Crippen LogP contribution < -0.4 is 10.7 Å². The molecule has 6 nitrogen and oxygen atoms in total. The monoisotopic (exact) mass is 301 g/mol. The number of hydrogen-bond acceptors (Lipinski definition) is 4. The van der Waals surface area contributed by atoms with Gasteiger partial charge in [-0.2, -0.15) is 5.10 Å². The van der Waals surface area contributed by atoms with Crippen molar-refractivity contribution in [3.05, 3.63) is 58.7 Å². The Morgan fingerprint density at radius 1 is 1.41 bits per heavy atom. The van der Waals surface area contributed by atoms with Gasteiger partial charge < -0.3 is 10.3 Å². The van der Waals surface area contributed by atoms with Gasteiger partial charge in [0.05, 0.1) is 6.54 Å². The van der Waals surface area contributed by atoms with E-state index in [1.165, 1.54) is 24.5 Å². The summed E-state index contributed by atoms with van der Waals surface area (Å²) in [6, 6.07) is 5.82. The average Bonchev–Trinajstić information content (AvgIpc) is 2.99. The van der Waals surface area contributed by atoms with Crippen LogP contribution in [0.2, 0.25) is 0 Å². The summed E-state index contributed by atoms with van der Waals surface area (Å²) in [7, 11) is 0. The van der Waals surface area contributed by atoms with E-state index in [4.69, 9.17) is 0 Å². The molecule has 2 heterocycles. The van der Waals surface area contributed by atoms with E-state index in [-0.39, 0.29) is 11.5 Å². The Morgan fingerprint density at radius 2 is 2.27 bits per heavy atom. The molecule has 114 valence electrons. The molecule has 3 aromatic rings. The van der Waals surface area contributed by atoms with Crippen LogP contribution in [0.3, 0.4) is 0 Å². The number of nitrogens with one attached hydrogen (secondary N) is 2. The van der Waals surface area contributed by atoms with Gasteiger partial charge in [-0.25, -0.2) is 9.37 Å². The smallest absolute Gasteiger partial charge is 0.189 e. The first kappa shape index (κ1) is 14.4. The lowest BCUT2D eigenvalue weighted by Crippen LogP contribution is -2.30. The highest BCUT2D eigenvalue weighted by Crippen LogP contribution is 2.10. The number of rotatable bonds is 5. The molecule has 0 unspecified atom stereocenters. The maximum atomic E-state index is 13.2. The first-order valence-corrected chi connectivity index (χ1v) is 6.99. The Morgan fingerprint density at radius 3 is 3.05 bits per heavy atom. The fraction of sp³-hybridized carbons (Fsp3) is 0.267. The Hall–Kier alpha value is -2.54. The summed E-state index contributed by atoms with van der Waals surface area (Å²) in [5.41, 5.74) is 1.21. The van der Waals surface area contributed by atoms with Gasteiger partial charge in [-0.1, -0.05) is 0 Å². The zero-order chi connectivity index (χ0) is 15.5. The van der Waals surface area contributed by atoms with Crippen LogP contribution >= 0.6 is 0 Å². The Labute approximate surface area is 126 Å². The number of H-pyrrole nitrogens is 1. The standard InChI is InChI=1S/C15H16FN5O/c1-10(7-21-9-17-8-19-21)18-6-12-5-15(22)13-4-11(16)2-3-14(13)20-12/h2-5,8-10,18H,6-7H2,1H3,(H,20,22)/t10-/m1/s1. The molecule has 7 heteroatoms. The van der Waals surface area contributed by atoms with Crippen molar-refractivity contribution in [3.8, 4) is 0 Å². The van der Waals surface area contributed by atoms with E-state index in [0.29, 0.717) is 24.0 Å². The van der Waals surface area contributed by atoms with E-state index in [1.54, 1.807) is 17.1 Å². The molecule has 0 aliphatic carbocycles. The Balaban J connectivity index is 1.71. The third kappa shape index (κ3) is 3.20. The van der Waals surface area contributed by atoms with E-state index in [2.05, 4.69) is 20.4 Å². The first-order chi connectivity index (χ1) is 10.6. The van der Waals surface area contributed by atoms with Crippen molar-refractivity contribution < 1.29 is 4.39 Å². The van der Waals surface area contributed by atoms with Crippen LogP contribution in [0.25, 0.3) is 10.9 Å². The van der Waals surface area contributed by atoms with E-state index >= 15 is 0 Å². The fourth-order valence-electron chi connectivity index (χ4n) is 2.33. The van der Waals surface area contributed by atoms with Gasteiger partial charge >= 0.3 is 0 Å². The van der Waals surface area contributed by atoms with Crippen molar-refractivity contribution >= 4 is 10.9 Å². The second kappa shape index (κ2) is 6.07. The summed E-state index contributed by atoms with van der Waals surface area (Å²) >= 11 is 0. The Bertz CT molecular complexity index is 828. The van der Waals surface area contributed by atoms with E-state index in [0.717, 1.165) is 5.69 Å². The summed E-state index contributed by atoms with van der Waals surface area (Å²) in [6.45, 7) is 3.22. The van der Waals surface area contributed by atoms with Gasteiger partial charge in [0.15, 0.2) is 5.43 Å². The number of fused-ring (bicyclic) bond motifs is 1. The van der Waals surface area contributed by atoms with Crippen LogP contribution in [0.5, 0.6) is 0 Å². The predicted molar refractivity (Wildman–Crippen MR) is 80.9 cm³/mol. The van der Waals surface area contributed by atoms with Crippen molar-refractivity contribution in [1.29, 1.82) is 0 Å². The molecule has 1 atom stereocenters. The summed E-state index contributed by atoms with van der Waals surface area (Å²) < 4.78 is 14.9. The first-order valence-electron chi connectivity index (χ1n) is 6.99. The molecule has 0 bridgehead atoms. The normalized spacial score (nSPS) is 12.6. The third-order valence-electron chi connectivity index (χ3n) is 3.42. The number of benzene rings is 1. The average molecular weight is 301 g/mol. The maximum Gasteiger partial charge on any atom is 0.189 e. The number of halogens is 1. The van der Waals surface area contributed by atoms with Crippen LogP contribution in [-0.4, -0.2) is 25.8 Å². The van der Waals surface area contributed by atoms with Gasteiger partial charge in [-0.05, 0) is 25.1 Å². The molecule has 1 aromatic carbocycles. The molecule has 0 spiro atoms. The summed E-state index contributed by atoms with van der Waals surface area (Å²) in [6.07, 6.45) is 3.15. The zero-order valence-corrected chi connectivity index (χ0v) is 12.1. The minimum absolute atomic E-state index is 0.161. The van der Waals surface area contributed by atoms with Gasteiger partial charge in [0.25, 0.3) is 0 Å². The van der Waals surface area contributed by atoms with E-state index < -0.39 is 5.82 Å². The highest BCUT2D eigenvalue weighted by Gasteiger charge is 2.06. The van der Waals surface area contributed by atoms with Crippen molar-refractivity contribution in [3.63, 3.8) is 0 Å². The molecule has 0 aliphatic rings.